The van der Waals surface area contributed by atoms with E-state index in [1.807, 2.05) is 6.07 Å². The minimum absolute atomic E-state index is 0.177. The van der Waals surface area contributed by atoms with Gasteiger partial charge in [-0.3, -0.25) is 14.5 Å². The van der Waals surface area contributed by atoms with Gasteiger partial charge < -0.3 is 0 Å². The third kappa shape index (κ3) is 3.78. The molecule has 3 nitrogen and oxygen atoms in total. The van der Waals surface area contributed by atoms with Crippen LogP contribution in [0.3, 0.4) is 0 Å². The molecule has 0 atom stereocenters. The van der Waals surface area contributed by atoms with Gasteiger partial charge in [0, 0.05) is 15.1 Å². The van der Waals surface area contributed by atoms with E-state index in [0.717, 1.165) is 17.3 Å². The van der Waals surface area contributed by atoms with E-state index in [-0.39, 0.29) is 17.7 Å². The third-order valence-corrected chi connectivity index (χ3v) is 5.06. The van der Waals surface area contributed by atoms with Crippen LogP contribution in [0.25, 0.3) is 6.08 Å². The van der Waals surface area contributed by atoms with Crippen molar-refractivity contribution in [1.82, 2.24) is 4.90 Å². The zero-order valence-corrected chi connectivity index (χ0v) is 15.2. The largest absolute Gasteiger partial charge is 0.293 e. The normalized spacial score (nSPS) is 16.3. The van der Waals surface area contributed by atoms with Gasteiger partial charge in [0.15, 0.2) is 0 Å². The van der Waals surface area contributed by atoms with E-state index in [4.69, 9.17) is 34.8 Å². The van der Waals surface area contributed by atoms with E-state index in [9.17, 15) is 9.59 Å². The maximum atomic E-state index is 12.5. The Morgan fingerprint density at radius 3 is 2.46 bits per heavy atom. The number of thioether (sulfide) groups is 1. The van der Waals surface area contributed by atoms with Crippen molar-refractivity contribution >= 4 is 63.8 Å². The van der Waals surface area contributed by atoms with Crippen molar-refractivity contribution in [3.8, 4) is 0 Å². The molecule has 0 aromatic heterocycles. The summed E-state index contributed by atoms with van der Waals surface area (Å²) in [5.74, 6) is -0.351. The highest BCUT2D eigenvalue weighted by Gasteiger charge is 2.35. The predicted molar refractivity (Wildman–Crippen MR) is 99.4 cm³/mol. The fourth-order valence-electron chi connectivity index (χ4n) is 2.21. The molecule has 2 aromatic rings. The van der Waals surface area contributed by atoms with Gasteiger partial charge in [0.05, 0.1) is 11.4 Å². The summed E-state index contributed by atoms with van der Waals surface area (Å²) >= 11 is 18.8. The Kier molecular flexibility index (Phi) is 5.21. The zero-order chi connectivity index (χ0) is 17.3. The molecular weight excluding hydrogens is 389 g/mol. The number of carbonyl (C=O) groups is 2. The van der Waals surface area contributed by atoms with Gasteiger partial charge in [-0.15, -0.1) is 0 Å². The van der Waals surface area contributed by atoms with Gasteiger partial charge in [-0.25, -0.2) is 0 Å². The van der Waals surface area contributed by atoms with Crippen LogP contribution >= 0.6 is 46.6 Å². The molecule has 1 heterocycles. The number of rotatable bonds is 3. The van der Waals surface area contributed by atoms with Gasteiger partial charge in [-0.2, -0.15) is 0 Å². The Morgan fingerprint density at radius 1 is 1.00 bits per heavy atom. The molecule has 0 radical (unpaired) electrons. The molecule has 0 unspecified atom stereocenters. The highest BCUT2D eigenvalue weighted by Crippen LogP contribution is 2.35. The highest BCUT2D eigenvalue weighted by atomic mass is 35.5. The van der Waals surface area contributed by atoms with E-state index in [0.29, 0.717) is 25.5 Å². The fraction of sp³-hybridized carbons (Fsp3) is 0.0588. The van der Waals surface area contributed by atoms with Crippen molar-refractivity contribution in [3.63, 3.8) is 0 Å². The van der Waals surface area contributed by atoms with Gasteiger partial charge >= 0.3 is 0 Å². The summed E-state index contributed by atoms with van der Waals surface area (Å²) in [6, 6.07) is 12.0. The number of nitrogens with zero attached hydrogens (tertiary/aromatic N) is 1. The lowest BCUT2D eigenvalue weighted by atomic mass is 10.2. The van der Waals surface area contributed by atoms with Crippen molar-refractivity contribution in [1.29, 1.82) is 0 Å². The van der Waals surface area contributed by atoms with E-state index >= 15 is 0 Å². The van der Waals surface area contributed by atoms with Crippen LogP contribution in [-0.2, 0) is 11.3 Å². The molecule has 1 aliphatic rings. The second-order valence-electron chi connectivity index (χ2n) is 5.06. The number of hydrogen-bond donors (Lipinski definition) is 0. The van der Waals surface area contributed by atoms with Crippen LogP contribution in [-0.4, -0.2) is 16.0 Å². The van der Waals surface area contributed by atoms with Gasteiger partial charge in [0.1, 0.15) is 0 Å². The quantitative estimate of drug-likeness (QED) is 0.606. The summed E-state index contributed by atoms with van der Waals surface area (Å²) in [5.41, 5.74) is 1.42. The molecule has 24 heavy (non-hydrogen) atoms. The molecule has 0 aliphatic carbocycles. The van der Waals surface area contributed by atoms with Gasteiger partial charge in [0.2, 0.25) is 0 Å². The van der Waals surface area contributed by atoms with Crippen LogP contribution < -0.4 is 0 Å². The Morgan fingerprint density at radius 2 is 1.75 bits per heavy atom. The average molecular weight is 399 g/mol. The zero-order valence-electron chi connectivity index (χ0n) is 12.1. The summed E-state index contributed by atoms with van der Waals surface area (Å²) in [6.45, 7) is 0.177. The molecule has 0 saturated carbocycles. The third-order valence-electron chi connectivity index (χ3n) is 3.35. The van der Waals surface area contributed by atoms with Crippen LogP contribution in [0, 0.1) is 0 Å². The first-order valence-electron chi connectivity index (χ1n) is 6.89. The van der Waals surface area contributed by atoms with Gasteiger partial charge in [-0.05, 0) is 53.2 Å². The first-order chi connectivity index (χ1) is 11.4. The molecule has 0 bridgehead atoms. The Balaban J connectivity index is 1.84. The molecule has 0 spiro atoms. The summed E-state index contributed by atoms with van der Waals surface area (Å²) in [7, 11) is 0. The smallest absolute Gasteiger partial charge is 0.268 e. The number of imide groups is 1. The monoisotopic (exact) mass is 397 g/mol. The molecule has 3 rings (SSSR count). The maximum absolute atomic E-state index is 12.5. The topological polar surface area (TPSA) is 37.4 Å². The standard InChI is InChI=1S/C17H10Cl3NO2S/c18-12-3-1-2-10(6-12)9-21-16(22)15(24-17(21)23)7-11-4-5-13(19)8-14(11)20/h1-8H,9H2/b15-7-. The van der Waals surface area contributed by atoms with Crippen LogP contribution in [0.2, 0.25) is 15.1 Å². The van der Waals surface area contributed by atoms with E-state index < -0.39 is 0 Å². The Labute approximate surface area is 158 Å². The van der Waals surface area contributed by atoms with E-state index in [2.05, 4.69) is 0 Å². The van der Waals surface area contributed by atoms with Gasteiger partial charge in [0.25, 0.3) is 11.1 Å². The first-order valence-corrected chi connectivity index (χ1v) is 8.84. The molecule has 2 aromatic carbocycles. The second kappa shape index (κ2) is 7.19. The lowest BCUT2D eigenvalue weighted by Crippen LogP contribution is -2.27. The number of halogens is 3. The van der Waals surface area contributed by atoms with Crippen molar-refractivity contribution in [2.45, 2.75) is 6.54 Å². The van der Waals surface area contributed by atoms with Crippen LogP contribution in [0.15, 0.2) is 47.4 Å². The molecule has 1 saturated heterocycles. The molecule has 0 N–H and O–H groups in total. The molecule has 1 aliphatic heterocycles. The fourth-order valence-corrected chi connectivity index (χ4v) is 3.72. The Bertz CT molecular complexity index is 867. The summed E-state index contributed by atoms with van der Waals surface area (Å²) in [4.78, 5) is 26.2. The number of amides is 2. The molecule has 122 valence electrons. The van der Waals surface area contributed by atoms with E-state index in [1.165, 1.54) is 4.90 Å². The van der Waals surface area contributed by atoms with Crippen molar-refractivity contribution < 1.29 is 9.59 Å². The number of carbonyl (C=O) groups excluding carboxylic acids is 2. The first kappa shape index (κ1) is 17.4. The predicted octanol–water partition coefficient (Wildman–Crippen LogP) is 5.88. The molecule has 7 heteroatoms. The summed E-state index contributed by atoms with van der Waals surface area (Å²) in [6.07, 6.45) is 1.60. The number of hydrogen-bond acceptors (Lipinski definition) is 3. The SMILES string of the molecule is O=C1S/C(=C\c2ccc(Cl)cc2Cl)C(=O)N1Cc1cccc(Cl)c1. The van der Waals surface area contributed by atoms with E-state index in [1.54, 1.807) is 42.5 Å². The highest BCUT2D eigenvalue weighted by molar-refractivity contribution is 8.18. The van der Waals surface area contributed by atoms with Crippen LogP contribution in [0.4, 0.5) is 4.79 Å². The van der Waals surface area contributed by atoms with Crippen molar-refractivity contribution in [2.75, 3.05) is 0 Å². The van der Waals surface area contributed by atoms with Gasteiger partial charge in [-0.1, -0.05) is 53.0 Å². The number of benzene rings is 2. The minimum Gasteiger partial charge on any atom is -0.268 e. The molecule has 1 fully saturated rings. The average Bonchev–Trinajstić information content (AvgIpc) is 2.78. The molecular formula is C17H10Cl3NO2S. The lowest BCUT2D eigenvalue weighted by Gasteiger charge is -2.12. The lowest BCUT2D eigenvalue weighted by molar-refractivity contribution is -0.123. The molecule has 2 amide bonds. The maximum Gasteiger partial charge on any atom is 0.293 e. The second-order valence-corrected chi connectivity index (χ2v) is 7.34. The van der Waals surface area contributed by atoms with Crippen LogP contribution in [0.1, 0.15) is 11.1 Å². The minimum atomic E-state index is -0.351. The van der Waals surface area contributed by atoms with Crippen molar-refractivity contribution in [3.05, 3.63) is 73.6 Å². The summed E-state index contributed by atoms with van der Waals surface area (Å²) < 4.78 is 0. The van der Waals surface area contributed by atoms with Crippen molar-refractivity contribution in [2.24, 2.45) is 0 Å². The summed E-state index contributed by atoms with van der Waals surface area (Å²) in [5, 5.41) is 1.16. The van der Waals surface area contributed by atoms with Crippen LogP contribution in [0.5, 0.6) is 0 Å². The Hall–Kier alpha value is -1.46.